The first-order valence-electron chi connectivity index (χ1n) is 6.79. The Bertz CT molecular complexity index is 605. The van der Waals surface area contributed by atoms with Crippen molar-refractivity contribution in [2.24, 2.45) is 0 Å². The molecule has 0 saturated carbocycles. The lowest BCUT2D eigenvalue weighted by Gasteiger charge is -2.16. The van der Waals surface area contributed by atoms with E-state index < -0.39 is 12.1 Å². The number of imide groups is 1. The summed E-state index contributed by atoms with van der Waals surface area (Å²) in [6, 6.07) is 6.84. The molecule has 0 aliphatic carbocycles. The number of benzene rings is 1. The molecule has 2 rings (SSSR count). The molecule has 21 heavy (non-hydrogen) atoms. The summed E-state index contributed by atoms with van der Waals surface area (Å²) in [5.41, 5.74) is 1.44. The van der Waals surface area contributed by atoms with Gasteiger partial charge in [0.1, 0.15) is 0 Å². The van der Waals surface area contributed by atoms with Gasteiger partial charge in [0.2, 0.25) is 0 Å². The molecule has 2 aromatic rings. The van der Waals surface area contributed by atoms with Gasteiger partial charge >= 0.3 is 18.1 Å². The smallest absolute Gasteiger partial charge is 0.375 e. The summed E-state index contributed by atoms with van der Waals surface area (Å²) in [5.74, 6) is 0. The fourth-order valence-electron chi connectivity index (χ4n) is 1.77. The van der Waals surface area contributed by atoms with Crippen molar-refractivity contribution in [3.8, 4) is 6.01 Å². The van der Waals surface area contributed by atoms with E-state index in [2.05, 4.69) is 15.3 Å². The van der Waals surface area contributed by atoms with Gasteiger partial charge in [0.15, 0.2) is 0 Å². The largest absolute Gasteiger partial charge is 0.423 e. The maximum absolute atomic E-state index is 11.7. The number of urea groups is 1. The number of nitrogens with one attached hydrogen (secondary N) is 2. The average molecular weight is 290 g/mol. The van der Waals surface area contributed by atoms with Crippen LogP contribution >= 0.6 is 0 Å². The topological polar surface area (TPSA) is 87.3 Å². The van der Waals surface area contributed by atoms with E-state index in [1.807, 2.05) is 25.1 Å². The molecule has 1 aromatic heterocycles. The zero-order valence-corrected chi connectivity index (χ0v) is 12.0. The second-order valence-electron chi connectivity index (χ2n) is 4.65. The molecule has 0 unspecified atom stereocenters. The Hall–Kier alpha value is -2.57. The number of unbranched alkanes of at least 4 members (excludes halogenated alkanes) is 1. The van der Waals surface area contributed by atoms with Crippen LogP contribution < -0.4 is 10.1 Å². The third-order valence-corrected chi connectivity index (χ3v) is 2.96. The zero-order chi connectivity index (χ0) is 15.2. The van der Waals surface area contributed by atoms with Crippen LogP contribution in [0.2, 0.25) is 0 Å². The van der Waals surface area contributed by atoms with Crippen LogP contribution in [0.3, 0.4) is 0 Å². The first kappa shape index (κ1) is 14.8. The zero-order valence-electron chi connectivity index (χ0n) is 12.0. The van der Waals surface area contributed by atoms with Crippen molar-refractivity contribution in [1.82, 2.24) is 20.2 Å². The lowest BCUT2D eigenvalue weighted by molar-refractivity contribution is 0.183. The number of para-hydroxylation sites is 2. The van der Waals surface area contributed by atoms with Crippen molar-refractivity contribution in [2.75, 3.05) is 13.6 Å². The van der Waals surface area contributed by atoms with E-state index in [1.165, 1.54) is 4.90 Å². The summed E-state index contributed by atoms with van der Waals surface area (Å²) in [6.45, 7) is 2.61. The number of H-pyrrole nitrogens is 1. The summed E-state index contributed by atoms with van der Waals surface area (Å²) in [6.07, 6.45) is 0.992. The predicted molar refractivity (Wildman–Crippen MR) is 78.2 cm³/mol. The second kappa shape index (κ2) is 6.74. The number of hydrogen-bond donors (Lipinski definition) is 2. The number of amides is 3. The average Bonchev–Trinajstić information content (AvgIpc) is 2.86. The summed E-state index contributed by atoms with van der Waals surface area (Å²) >= 11 is 0. The van der Waals surface area contributed by atoms with Crippen molar-refractivity contribution in [3.63, 3.8) is 0 Å². The minimum absolute atomic E-state index is 0.0534. The molecule has 1 heterocycles. The predicted octanol–water partition coefficient (Wildman–Crippen LogP) is 2.50. The molecule has 0 radical (unpaired) electrons. The SMILES string of the molecule is CCCCN(C)C(=O)NC(=O)Oc1nc2ccccc2[nH]1. The van der Waals surface area contributed by atoms with Crippen molar-refractivity contribution in [3.05, 3.63) is 24.3 Å². The van der Waals surface area contributed by atoms with Gasteiger partial charge in [0, 0.05) is 13.6 Å². The molecular formula is C14H18N4O3. The molecule has 0 atom stereocenters. The monoisotopic (exact) mass is 290 g/mol. The molecule has 0 bridgehead atoms. The van der Waals surface area contributed by atoms with Crippen LogP contribution in [0, 0.1) is 0 Å². The summed E-state index contributed by atoms with van der Waals surface area (Å²) < 4.78 is 4.96. The number of imidazole rings is 1. The van der Waals surface area contributed by atoms with Gasteiger partial charge in [-0.1, -0.05) is 25.5 Å². The highest BCUT2D eigenvalue weighted by Gasteiger charge is 2.15. The Morgan fingerprint density at radius 3 is 2.86 bits per heavy atom. The summed E-state index contributed by atoms with van der Waals surface area (Å²) in [7, 11) is 1.62. The fourth-order valence-corrected chi connectivity index (χ4v) is 1.77. The highest BCUT2D eigenvalue weighted by Crippen LogP contribution is 2.14. The normalized spacial score (nSPS) is 10.4. The number of ether oxygens (including phenoxy) is 1. The van der Waals surface area contributed by atoms with E-state index in [0.29, 0.717) is 12.1 Å². The van der Waals surface area contributed by atoms with Gasteiger partial charge in [-0.15, -0.1) is 0 Å². The number of aromatic nitrogens is 2. The van der Waals surface area contributed by atoms with Crippen LogP contribution in [0.1, 0.15) is 19.8 Å². The summed E-state index contributed by atoms with van der Waals surface area (Å²) in [4.78, 5) is 31.7. The Balaban J connectivity index is 1.90. The van der Waals surface area contributed by atoms with Gasteiger partial charge in [0.05, 0.1) is 11.0 Å². The van der Waals surface area contributed by atoms with E-state index in [0.717, 1.165) is 18.4 Å². The Morgan fingerprint density at radius 1 is 1.38 bits per heavy atom. The van der Waals surface area contributed by atoms with Gasteiger partial charge in [0.25, 0.3) is 0 Å². The highest BCUT2D eigenvalue weighted by atomic mass is 16.6. The van der Waals surface area contributed by atoms with E-state index in [4.69, 9.17) is 4.74 Å². The van der Waals surface area contributed by atoms with Gasteiger partial charge in [-0.25, -0.2) is 14.9 Å². The van der Waals surface area contributed by atoms with Crippen molar-refractivity contribution in [2.45, 2.75) is 19.8 Å². The van der Waals surface area contributed by atoms with Gasteiger partial charge < -0.3 is 14.6 Å². The molecular weight excluding hydrogens is 272 g/mol. The molecule has 0 spiro atoms. The minimum Gasteiger partial charge on any atom is -0.375 e. The molecule has 0 fully saturated rings. The molecule has 1 aromatic carbocycles. The first-order valence-corrected chi connectivity index (χ1v) is 6.79. The van der Waals surface area contributed by atoms with E-state index in [9.17, 15) is 9.59 Å². The van der Waals surface area contributed by atoms with Crippen molar-refractivity contribution in [1.29, 1.82) is 0 Å². The summed E-state index contributed by atoms with van der Waals surface area (Å²) in [5, 5.41) is 2.15. The molecule has 3 amide bonds. The number of fused-ring (bicyclic) bond motifs is 1. The number of carbonyl (C=O) groups is 2. The maximum atomic E-state index is 11.7. The number of nitrogens with zero attached hydrogens (tertiary/aromatic N) is 2. The number of aromatic amines is 1. The third-order valence-electron chi connectivity index (χ3n) is 2.96. The molecule has 0 saturated heterocycles. The highest BCUT2D eigenvalue weighted by molar-refractivity contribution is 5.91. The van der Waals surface area contributed by atoms with Gasteiger partial charge in [-0.3, -0.25) is 0 Å². The quantitative estimate of drug-likeness (QED) is 0.905. The van der Waals surface area contributed by atoms with Crippen LogP contribution in [0.4, 0.5) is 9.59 Å². The van der Waals surface area contributed by atoms with Crippen LogP contribution in [0.5, 0.6) is 6.01 Å². The van der Waals surface area contributed by atoms with Crippen LogP contribution in [-0.4, -0.2) is 40.6 Å². The fraction of sp³-hybridized carbons (Fsp3) is 0.357. The van der Waals surface area contributed by atoms with E-state index in [-0.39, 0.29) is 6.01 Å². The van der Waals surface area contributed by atoms with E-state index in [1.54, 1.807) is 13.1 Å². The molecule has 7 nitrogen and oxygen atoms in total. The maximum Gasteiger partial charge on any atom is 0.423 e. The second-order valence-corrected chi connectivity index (χ2v) is 4.65. The van der Waals surface area contributed by atoms with Gasteiger partial charge in [-0.2, -0.15) is 4.98 Å². The number of rotatable bonds is 4. The van der Waals surface area contributed by atoms with Crippen LogP contribution in [0.25, 0.3) is 11.0 Å². The standard InChI is InChI=1S/C14H18N4O3/c1-3-4-9-18(2)13(19)17-14(20)21-12-15-10-7-5-6-8-11(10)16-12/h5-8H,3-4,9H2,1-2H3,(H,15,16)(H,17,19,20). The Morgan fingerprint density at radius 2 is 2.14 bits per heavy atom. The molecule has 0 aliphatic heterocycles. The Labute approximate surface area is 122 Å². The van der Waals surface area contributed by atoms with Crippen molar-refractivity contribution < 1.29 is 14.3 Å². The van der Waals surface area contributed by atoms with Crippen LogP contribution in [0.15, 0.2) is 24.3 Å². The Kier molecular flexibility index (Phi) is 4.76. The third kappa shape index (κ3) is 3.95. The number of hydrogen-bond acceptors (Lipinski definition) is 4. The van der Waals surface area contributed by atoms with Crippen molar-refractivity contribution >= 4 is 23.2 Å². The van der Waals surface area contributed by atoms with E-state index >= 15 is 0 Å². The van der Waals surface area contributed by atoms with Crippen LogP contribution in [-0.2, 0) is 0 Å². The number of carbonyl (C=O) groups excluding carboxylic acids is 2. The lowest BCUT2D eigenvalue weighted by atomic mass is 10.3. The molecule has 0 aliphatic rings. The first-order chi connectivity index (χ1) is 10.1. The molecule has 112 valence electrons. The lowest BCUT2D eigenvalue weighted by Crippen LogP contribution is -2.42. The van der Waals surface area contributed by atoms with Gasteiger partial charge in [-0.05, 0) is 18.6 Å². The molecule has 7 heteroatoms. The minimum atomic E-state index is -0.859. The molecule has 2 N–H and O–H groups in total.